The molecule has 3 heterocycles. The van der Waals surface area contributed by atoms with Gasteiger partial charge in [0.25, 0.3) is 5.91 Å². The van der Waals surface area contributed by atoms with Crippen molar-refractivity contribution in [1.82, 2.24) is 4.90 Å². The third-order valence-electron chi connectivity index (χ3n) is 9.03. The van der Waals surface area contributed by atoms with Gasteiger partial charge in [0.05, 0.1) is 13.5 Å². The van der Waals surface area contributed by atoms with E-state index in [-0.39, 0.29) is 34.8 Å². The van der Waals surface area contributed by atoms with Crippen LogP contribution in [0.15, 0.2) is 60.7 Å². The molecule has 4 atom stereocenters. The number of amides is 1. The molecule has 4 aliphatic rings. The molecule has 3 fully saturated rings. The van der Waals surface area contributed by atoms with Crippen molar-refractivity contribution in [1.29, 1.82) is 0 Å². The molecule has 6 rings (SSSR count). The number of piperidine rings is 1. The van der Waals surface area contributed by atoms with Gasteiger partial charge in [-0.15, -0.1) is 0 Å². The molecule has 2 aromatic rings. The van der Waals surface area contributed by atoms with Gasteiger partial charge in [0, 0.05) is 29.3 Å². The molecule has 5 nitrogen and oxygen atoms in total. The molecule has 0 unspecified atom stereocenters. The number of nitrogens with zero attached hydrogens (tertiary/aromatic N) is 2. The monoisotopic (exact) mass is 456 g/mol. The smallest absolute Gasteiger partial charge is 0.306 e. The van der Waals surface area contributed by atoms with Crippen LogP contribution in [-0.2, 0) is 19.7 Å². The summed E-state index contributed by atoms with van der Waals surface area (Å²) in [5, 5.41) is 0. The third-order valence-corrected chi connectivity index (χ3v) is 9.03. The summed E-state index contributed by atoms with van der Waals surface area (Å²) in [6.07, 6.45) is 9.21. The highest BCUT2D eigenvalue weighted by Gasteiger charge is 2.69. The highest BCUT2D eigenvalue weighted by molar-refractivity contribution is 6.06. The van der Waals surface area contributed by atoms with Crippen LogP contribution in [0.4, 0.5) is 5.69 Å². The molecule has 1 amide bonds. The van der Waals surface area contributed by atoms with Crippen molar-refractivity contribution in [3.05, 3.63) is 71.8 Å². The second-order valence-corrected chi connectivity index (χ2v) is 10.5. The van der Waals surface area contributed by atoms with Crippen LogP contribution in [0.2, 0.25) is 0 Å². The van der Waals surface area contributed by atoms with Crippen molar-refractivity contribution >= 4 is 23.6 Å². The van der Waals surface area contributed by atoms with Crippen LogP contribution in [0.3, 0.4) is 0 Å². The first-order valence-electron chi connectivity index (χ1n) is 12.6. The van der Waals surface area contributed by atoms with Crippen LogP contribution < -0.4 is 4.90 Å². The first-order valence-corrected chi connectivity index (χ1v) is 12.6. The Kier molecular flexibility index (Phi) is 5.14. The zero-order chi connectivity index (χ0) is 23.3. The molecular formula is C29H32N2O3. The molecule has 5 heteroatoms. The van der Waals surface area contributed by atoms with Gasteiger partial charge in [0.15, 0.2) is 0 Å². The van der Waals surface area contributed by atoms with E-state index < -0.39 is 0 Å². The number of benzene rings is 2. The topological polar surface area (TPSA) is 49.9 Å². The fourth-order valence-electron chi connectivity index (χ4n) is 7.94. The number of esters is 1. The first-order chi connectivity index (χ1) is 16.6. The Morgan fingerprint density at radius 1 is 1.03 bits per heavy atom. The maximum atomic E-state index is 13.7. The Bertz CT molecular complexity index is 1150. The number of anilines is 1. The summed E-state index contributed by atoms with van der Waals surface area (Å²) in [6, 6.07) is 18.9. The number of carbonyl (C=O) groups is 2. The quantitative estimate of drug-likeness (QED) is 0.500. The van der Waals surface area contributed by atoms with E-state index in [9.17, 15) is 9.59 Å². The Morgan fingerprint density at radius 2 is 1.82 bits per heavy atom. The molecule has 1 aliphatic carbocycles. The average Bonchev–Trinajstić information content (AvgIpc) is 3.41. The second-order valence-electron chi connectivity index (χ2n) is 10.5. The zero-order valence-electron chi connectivity index (χ0n) is 19.8. The highest BCUT2D eigenvalue weighted by Crippen LogP contribution is 2.65. The van der Waals surface area contributed by atoms with Gasteiger partial charge >= 0.3 is 5.97 Å². The van der Waals surface area contributed by atoms with Crippen LogP contribution in [0.5, 0.6) is 0 Å². The minimum absolute atomic E-state index is 0.0490. The van der Waals surface area contributed by atoms with Gasteiger partial charge in [0.2, 0.25) is 0 Å². The normalized spacial score (nSPS) is 31.7. The van der Waals surface area contributed by atoms with Crippen molar-refractivity contribution in [3.8, 4) is 0 Å². The third kappa shape index (κ3) is 3.02. The number of fused-ring (bicyclic) bond motifs is 1. The van der Waals surface area contributed by atoms with E-state index in [1.807, 2.05) is 42.5 Å². The molecule has 2 saturated heterocycles. The summed E-state index contributed by atoms with van der Waals surface area (Å²) in [5.74, 6) is -0.0553. The van der Waals surface area contributed by atoms with Crippen molar-refractivity contribution in [2.75, 3.05) is 25.1 Å². The van der Waals surface area contributed by atoms with Gasteiger partial charge in [-0.3, -0.25) is 14.5 Å². The molecule has 34 heavy (non-hydrogen) atoms. The van der Waals surface area contributed by atoms with E-state index in [1.54, 1.807) is 6.08 Å². The fourth-order valence-corrected chi connectivity index (χ4v) is 7.94. The lowest BCUT2D eigenvalue weighted by atomic mass is 9.52. The number of rotatable bonds is 4. The average molecular weight is 457 g/mol. The van der Waals surface area contributed by atoms with Crippen molar-refractivity contribution in [3.63, 3.8) is 0 Å². The summed E-state index contributed by atoms with van der Waals surface area (Å²) in [4.78, 5) is 31.0. The summed E-state index contributed by atoms with van der Waals surface area (Å²) >= 11 is 0. The highest BCUT2D eigenvalue weighted by atomic mass is 16.5. The number of methoxy groups -OCH3 is 1. The lowest BCUT2D eigenvalue weighted by molar-refractivity contribution is -0.148. The Morgan fingerprint density at radius 3 is 2.65 bits per heavy atom. The van der Waals surface area contributed by atoms with E-state index in [0.29, 0.717) is 6.42 Å². The van der Waals surface area contributed by atoms with E-state index in [0.717, 1.165) is 56.4 Å². The van der Waals surface area contributed by atoms with Crippen LogP contribution in [0.25, 0.3) is 6.08 Å². The maximum absolute atomic E-state index is 13.7. The Hall–Kier alpha value is -2.92. The maximum Gasteiger partial charge on any atom is 0.306 e. The Labute approximate surface area is 201 Å². The van der Waals surface area contributed by atoms with Crippen LogP contribution in [0, 0.1) is 5.41 Å². The van der Waals surface area contributed by atoms with Crippen molar-refractivity contribution in [2.24, 2.45) is 5.41 Å². The predicted molar refractivity (Wildman–Crippen MR) is 132 cm³/mol. The molecule has 0 N–H and O–H groups in total. The summed E-state index contributed by atoms with van der Waals surface area (Å²) in [5.41, 5.74) is 3.17. The van der Waals surface area contributed by atoms with Gasteiger partial charge in [-0.25, -0.2) is 0 Å². The molecular weight excluding hydrogens is 424 g/mol. The molecule has 1 spiro atoms. The largest absolute Gasteiger partial charge is 0.469 e. The standard InChI is InChI=1S/C29H32N2O3/c1-34-26(33)20-28-15-7-18-30-19-17-29(27(28)30)22-10-5-6-11-23(22)31(24(29)14-16-28)25(32)13-12-21-8-3-2-4-9-21/h2-6,8-13,24,27H,7,14-20H2,1H3/b13-12+/t24-,27-,28+,29-/m0/s1. The summed E-state index contributed by atoms with van der Waals surface area (Å²) in [6.45, 7) is 2.10. The molecule has 0 bridgehead atoms. The number of carbonyl (C=O) groups excluding carboxylic acids is 2. The van der Waals surface area contributed by atoms with Crippen LogP contribution in [-0.4, -0.2) is 49.1 Å². The molecule has 2 aromatic carbocycles. The minimum atomic E-state index is -0.125. The summed E-state index contributed by atoms with van der Waals surface area (Å²) in [7, 11) is 1.50. The number of ether oxygens (including phenoxy) is 1. The Balaban J connectivity index is 1.43. The van der Waals surface area contributed by atoms with Crippen molar-refractivity contribution < 1.29 is 14.3 Å². The molecule has 0 aromatic heterocycles. The van der Waals surface area contributed by atoms with Crippen molar-refractivity contribution in [2.45, 2.75) is 56.0 Å². The molecule has 3 aliphatic heterocycles. The van der Waals surface area contributed by atoms with Gasteiger partial charge in [-0.1, -0.05) is 48.5 Å². The van der Waals surface area contributed by atoms with Crippen LogP contribution >= 0.6 is 0 Å². The first kappa shape index (κ1) is 21.6. The SMILES string of the molecule is COC(=O)C[C@@]12CCCN3CC[C@@]4(c5ccccc5N(C(=O)/C=C/c5ccccc5)[C@H]4CC1)[C@@H]32. The van der Waals surface area contributed by atoms with Gasteiger partial charge < -0.3 is 9.64 Å². The van der Waals surface area contributed by atoms with E-state index >= 15 is 0 Å². The predicted octanol–water partition coefficient (Wildman–Crippen LogP) is 4.56. The number of hydrogen-bond donors (Lipinski definition) is 0. The number of hydrogen-bond acceptors (Lipinski definition) is 4. The van der Waals surface area contributed by atoms with E-state index in [1.165, 1.54) is 12.7 Å². The van der Waals surface area contributed by atoms with Gasteiger partial charge in [0.1, 0.15) is 0 Å². The lowest BCUT2D eigenvalue weighted by Crippen LogP contribution is -2.65. The number of para-hydroxylation sites is 1. The van der Waals surface area contributed by atoms with Gasteiger partial charge in [-0.05, 0) is 73.9 Å². The molecule has 0 radical (unpaired) electrons. The second kappa shape index (κ2) is 8.09. The van der Waals surface area contributed by atoms with E-state index in [4.69, 9.17) is 4.74 Å². The summed E-state index contributed by atoms with van der Waals surface area (Å²) < 4.78 is 5.17. The molecule has 176 valence electrons. The minimum Gasteiger partial charge on any atom is -0.469 e. The van der Waals surface area contributed by atoms with Gasteiger partial charge in [-0.2, -0.15) is 0 Å². The fraction of sp³-hybridized carbons (Fsp3) is 0.448. The zero-order valence-corrected chi connectivity index (χ0v) is 19.8. The van der Waals surface area contributed by atoms with E-state index in [2.05, 4.69) is 28.0 Å². The van der Waals surface area contributed by atoms with Crippen LogP contribution in [0.1, 0.15) is 49.7 Å². The lowest BCUT2D eigenvalue weighted by Gasteiger charge is -2.58. The molecule has 1 saturated carbocycles.